The Kier molecular flexibility index (Phi) is 5.55. The molecule has 1 N–H and O–H groups in total. The van der Waals surface area contributed by atoms with E-state index in [1.165, 1.54) is 25.3 Å². The Hall–Kier alpha value is -2.34. The molecule has 0 aliphatic heterocycles. The molecule has 22 heavy (non-hydrogen) atoms. The van der Waals surface area contributed by atoms with Crippen LogP contribution in [-0.2, 0) is 11.3 Å². The topological polar surface area (TPSA) is 60.5 Å². The minimum atomic E-state index is -0.537. The van der Waals surface area contributed by atoms with Crippen LogP contribution in [0.2, 0.25) is 5.02 Å². The van der Waals surface area contributed by atoms with Crippen molar-refractivity contribution in [3.05, 3.63) is 52.9 Å². The Morgan fingerprint density at radius 3 is 2.82 bits per heavy atom. The molecule has 0 fully saturated rings. The Morgan fingerprint density at radius 1 is 1.36 bits per heavy atom. The van der Waals surface area contributed by atoms with Gasteiger partial charge in [0.15, 0.2) is 6.61 Å². The highest BCUT2D eigenvalue weighted by atomic mass is 35.5. The van der Waals surface area contributed by atoms with E-state index in [4.69, 9.17) is 21.1 Å². The molecule has 1 heterocycles. The third-order valence-corrected chi connectivity index (χ3v) is 3.05. The Labute approximate surface area is 132 Å². The first-order valence-corrected chi connectivity index (χ1v) is 6.80. The van der Waals surface area contributed by atoms with Crippen LogP contribution in [-0.4, -0.2) is 24.6 Å². The molecule has 116 valence electrons. The van der Waals surface area contributed by atoms with Crippen LogP contribution >= 0.6 is 11.6 Å². The number of pyridine rings is 1. The first-order chi connectivity index (χ1) is 10.6. The van der Waals surface area contributed by atoms with E-state index in [1.54, 1.807) is 18.3 Å². The van der Waals surface area contributed by atoms with Gasteiger partial charge in [-0.2, -0.15) is 0 Å². The van der Waals surface area contributed by atoms with Crippen LogP contribution in [0.1, 0.15) is 5.56 Å². The quantitative estimate of drug-likeness (QED) is 0.887. The molecular weight excluding hydrogens is 311 g/mol. The first kappa shape index (κ1) is 16.0. The molecule has 2 aromatic rings. The molecular formula is C15H14ClFN2O3. The van der Waals surface area contributed by atoms with E-state index in [1.807, 2.05) is 0 Å². The lowest BCUT2D eigenvalue weighted by molar-refractivity contribution is -0.123. The smallest absolute Gasteiger partial charge is 0.258 e. The highest BCUT2D eigenvalue weighted by molar-refractivity contribution is 6.30. The van der Waals surface area contributed by atoms with Crippen LogP contribution < -0.4 is 14.8 Å². The number of carbonyl (C=O) groups excluding carboxylic acids is 1. The molecule has 0 radical (unpaired) electrons. The van der Waals surface area contributed by atoms with Crippen molar-refractivity contribution in [3.63, 3.8) is 0 Å². The summed E-state index contributed by atoms with van der Waals surface area (Å²) in [6.07, 6.45) is 1.61. The van der Waals surface area contributed by atoms with Crippen molar-refractivity contribution < 1.29 is 18.7 Å². The summed E-state index contributed by atoms with van der Waals surface area (Å²) in [6, 6.07) is 7.41. The lowest BCUT2D eigenvalue weighted by Gasteiger charge is -2.08. The summed E-state index contributed by atoms with van der Waals surface area (Å²) in [7, 11) is 1.53. The standard InChI is InChI=1S/C15H14ClFN2O3/c1-21-15-5-2-10(8-19-15)7-18-14(20)9-22-11-3-4-13(17)12(16)6-11/h2-6,8H,7,9H2,1H3,(H,18,20). The van der Waals surface area contributed by atoms with Crippen molar-refractivity contribution >= 4 is 17.5 Å². The molecule has 0 aliphatic carbocycles. The van der Waals surface area contributed by atoms with Gasteiger partial charge in [-0.25, -0.2) is 9.37 Å². The van der Waals surface area contributed by atoms with Gasteiger partial charge in [-0.3, -0.25) is 4.79 Å². The SMILES string of the molecule is COc1ccc(CNC(=O)COc2ccc(F)c(Cl)c2)cn1. The van der Waals surface area contributed by atoms with E-state index < -0.39 is 5.82 Å². The molecule has 0 aliphatic rings. The zero-order chi connectivity index (χ0) is 15.9. The van der Waals surface area contributed by atoms with Crippen molar-refractivity contribution in [2.24, 2.45) is 0 Å². The largest absolute Gasteiger partial charge is 0.484 e. The maximum atomic E-state index is 13.0. The molecule has 0 saturated heterocycles. The Bertz CT molecular complexity index is 650. The molecule has 1 aromatic carbocycles. The van der Waals surface area contributed by atoms with Gasteiger partial charge in [0, 0.05) is 24.9 Å². The van der Waals surface area contributed by atoms with Crippen LogP contribution in [0.15, 0.2) is 36.5 Å². The molecule has 1 aromatic heterocycles. The molecule has 5 nitrogen and oxygen atoms in total. The maximum Gasteiger partial charge on any atom is 0.258 e. The Balaban J connectivity index is 1.78. The fourth-order valence-electron chi connectivity index (χ4n) is 1.60. The number of nitrogens with zero attached hydrogens (tertiary/aromatic N) is 1. The monoisotopic (exact) mass is 324 g/mol. The molecule has 0 spiro atoms. The second-order valence-corrected chi connectivity index (χ2v) is 4.76. The number of amides is 1. The van der Waals surface area contributed by atoms with Gasteiger partial charge in [-0.15, -0.1) is 0 Å². The van der Waals surface area contributed by atoms with Gasteiger partial charge in [0.1, 0.15) is 11.6 Å². The molecule has 0 bridgehead atoms. The number of hydrogen-bond donors (Lipinski definition) is 1. The summed E-state index contributed by atoms with van der Waals surface area (Å²) >= 11 is 5.62. The number of benzene rings is 1. The van der Waals surface area contributed by atoms with Crippen molar-refractivity contribution in [1.82, 2.24) is 10.3 Å². The highest BCUT2D eigenvalue weighted by Crippen LogP contribution is 2.20. The number of methoxy groups -OCH3 is 1. The van der Waals surface area contributed by atoms with E-state index in [9.17, 15) is 9.18 Å². The number of carbonyl (C=O) groups is 1. The number of hydrogen-bond acceptors (Lipinski definition) is 4. The fourth-order valence-corrected chi connectivity index (χ4v) is 1.77. The van der Waals surface area contributed by atoms with Gasteiger partial charge in [-0.05, 0) is 17.7 Å². The van der Waals surface area contributed by atoms with E-state index in [2.05, 4.69) is 10.3 Å². The number of nitrogens with one attached hydrogen (secondary N) is 1. The van der Waals surface area contributed by atoms with Crippen LogP contribution in [0.4, 0.5) is 4.39 Å². The van der Waals surface area contributed by atoms with Crippen LogP contribution in [0.25, 0.3) is 0 Å². The maximum absolute atomic E-state index is 13.0. The summed E-state index contributed by atoms with van der Waals surface area (Å²) in [4.78, 5) is 15.7. The van der Waals surface area contributed by atoms with Gasteiger partial charge in [0.25, 0.3) is 5.91 Å². The predicted molar refractivity (Wildman–Crippen MR) is 79.5 cm³/mol. The molecule has 0 saturated carbocycles. The predicted octanol–water partition coefficient (Wildman–Crippen LogP) is 2.58. The number of rotatable bonds is 6. The number of halogens is 2. The van der Waals surface area contributed by atoms with Gasteiger partial charge in [-0.1, -0.05) is 17.7 Å². The fraction of sp³-hybridized carbons (Fsp3) is 0.200. The highest BCUT2D eigenvalue weighted by Gasteiger charge is 2.06. The lowest BCUT2D eigenvalue weighted by atomic mass is 10.3. The lowest BCUT2D eigenvalue weighted by Crippen LogP contribution is -2.28. The summed E-state index contributed by atoms with van der Waals surface area (Å²) in [5.41, 5.74) is 0.832. The van der Waals surface area contributed by atoms with Crippen molar-refractivity contribution in [2.75, 3.05) is 13.7 Å². The Morgan fingerprint density at radius 2 is 2.18 bits per heavy atom. The first-order valence-electron chi connectivity index (χ1n) is 6.42. The summed E-state index contributed by atoms with van der Waals surface area (Å²) < 4.78 is 23.2. The van der Waals surface area contributed by atoms with Gasteiger partial charge in [0.05, 0.1) is 12.1 Å². The van der Waals surface area contributed by atoms with Gasteiger partial charge in [0.2, 0.25) is 5.88 Å². The number of ether oxygens (including phenoxy) is 2. The zero-order valence-electron chi connectivity index (χ0n) is 11.8. The van der Waals surface area contributed by atoms with Gasteiger partial charge >= 0.3 is 0 Å². The minimum absolute atomic E-state index is 0.0535. The van der Waals surface area contributed by atoms with Crippen LogP contribution in [0.5, 0.6) is 11.6 Å². The zero-order valence-corrected chi connectivity index (χ0v) is 12.6. The van der Waals surface area contributed by atoms with E-state index >= 15 is 0 Å². The van der Waals surface area contributed by atoms with Crippen LogP contribution in [0, 0.1) is 5.82 Å². The molecule has 0 atom stereocenters. The average Bonchev–Trinajstić information content (AvgIpc) is 2.54. The van der Waals surface area contributed by atoms with E-state index in [0.29, 0.717) is 18.2 Å². The van der Waals surface area contributed by atoms with Crippen molar-refractivity contribution in [2.45, 2.75) is 6.54 Å². The molecule has 2 rings (SSSR count). The summed E-state index contributed by atoms with van der Waals surface area (Å²) in [5.74, 6) is -0.0130. The summed E-state index contributed by atoms with van der Waals surface area (Å²) in [6.45, 7) is 0.134. The summed E-state index contributed by atoms with van der Waals surface area (Å²) in [5, 5.41) is 2.63. The molecule has 0 unspecified atom stereocenters. The van der Waals surface area contributed by atoms with Gasteiger partial charge < -0.3 is 14.8 Å². The second kappa shape index (κ2) is 7.61. The van der Waals surface area contributed by atoms with Crippen molar-refractivity contribution in [3.8, 4) is 11.6 Å². The molecule has 7 heteroatoms. The second-order valence-electron chi connectivity index (χ2n) is 4.35. The van der Waals surface area contributed by atoms with E-state index in [-0.39, 0.29) is 17.5 Å². The number of aromatic nitrogens is 1. The average molecular weight is 325 g/mol. The molecule has 1 amide bonds. The van der Waals surface area contributed by atoms with E-state index in [0.717, 1.165) is 5.56 Å². The van der Waals surface area contributed by atoms with Crippen LogP contribution in [0.3, 0.4) is 0 Å². The third kappa shape index (κ3) is 4.60. The normalized spacial score (nSPS) is 10.1. The van der Waals surface area contributed by atoms with Crippen molar-refractivity contribution in [1.29, 1.82) is 0 Å². The third-order valence-electron chi connectivity index (χ3n) is 2.76. The minimum Gasteiger partial charge on any atom is -0.484 e.